The van der Waals surface area contributed by atoms with E-state index < -0.39 is 6.10 Å². The summed E-state index contributed by atoms with van der Waals surface area (Å²) in [6, 6.07) is 9.65. The maximum Gasteiger partial charge on any atom is 0.0867 e. The van der Waals surface area contributed by atoms with Gasteiger partial charge in [-0.05, 0) is 24.8 Å². The van der Waals surface area contributed by atoms with E-state index in [9.17, 15) is 5.11 Å². The van der Waals surface area contributed by atoms with E-state index in [0.29, 0.717) is 6.42 Å². The Labute approximate surface area is 96.6 Å². The zero-order chi connectivity index (χ0) is 11.8. The van der Waals surface area contributed by atoms with Gasteiger partial charge >= 0.3 is 0 Å². The van der Waals surface area contributed by atoms with Crippen molar-refractivity contribution in [3.05, 3.63) is 48.2 Å². The summed E-state index contributed by atoms with van der Waals surface area (Å²) in [7, 11) is 0. The van der Waals surface area contributed by atoms with Crippen LogP contribution < -0.4 is 0 Å². The number of aliphatic hydroxyl groups is 2. The normalized spacial score (nSPS) is 11.9. The van der Waals surface area contributed by atoms with Gasteiger partial charge in [-0.2, -0.15) is 0 Å². The van der Waals surface area contributed by atoms with Gasteiger partial charge in [0.25, 0.3) is 0 Å². The van der Waals surface area contributed by atoms with Gasteiger partial charge in [0.1, 0.15) is 0 Å². The van der Waals surface area contributed by atoms with E-state index in [-0.39, 0.29) is 6.61 Å². The van der Waals surface area contributed by atoms with Crippen molar-refractivity contribution in [2.45, 2.75) is 25.4 Å². The number of unbranched alkanes of at least 4 members (excludes halogenated alkanes) is 1. The summed E-state index contributed by atoms with van der Waals surface area (Å²) < 4.78 is 0. The minimum atomic E-state index is -0.550. The molecule has 2 nitrogen and oxygen atoms in total. The molecule has 0 saturated heterocycles. The van der Waals surface area contributed by atoms with Crippen molar-refractivity contribution in [2.75, 3.05) is 6.61 Å². The van der Waals surface area contributed by atoms with Crippen LogP contribution in [0.3, 0.4) is 0 Å². The average Bonchev–Trinajstić information content (AvgIpc) is 2.32. The van der Waals surface area contributed by atoms with E-state index >= 15 is 0 Å². The summed E-state index contributed by atoms with van der Waals surface area (Å²) >= 11 is 0. The molecule has 0 aromatic heterocycles. The maximum absolute atomic E-state index is 9.97. The first-order valence-electron chi connectivity index (χ1n) is 5.54. The molecule has 0 heterocycles. The number of hydrogen-bond donors (Lipinski definition) is 2. The molecule has 16 heavy (non-hydrogen) atoms. The Morgan fingerprint density at radius 2 is 1.94 bits per heavy atom. The molecule has 0 aliphatic carbocycles. The molecule has 0 aliphatic rings. The smallest absolute Gasteiger partial charge is 0.0867 e. The molecule has 0 fully saturated rings. The number of benzene rings is 1. The summed E-state index contributed by atoms with van der Waals surface area (Å²) in [5.74, 6) is 0. The second-order valence-electron chi connectivity index (χ2n) is 3.69. The van der Waals surface area contributed by atoms with E-state index in [0.717, 1.165) is 24.0 Å². The third-order valence-corrected chi connectivity index (χ3v) is 2.49. The van der Waals surface area contributed by atoms with Crippen LogP contribution in [0.4, 0.5) is 0 Å². The van der Waals surface area contributed by atoms with E-state index in [1.807, 2.05) is 30.3 Å². The quantitative estimate of drug-likeness (QED) is 0.568. The Bertz CT molecular complexity index is 350. The fraction of sp³-hybridized carbons (Fsp3) is 0.357. The highest BCUT2D eigenvalue weighted by Gasteiger charge is 2.11. The van der Waals surface area contributed by atoms with Crippen molar-refractivity contribution in [1.82, 2.24) is 0 Å². The first-order chi connectivity index (χ1) is 7.79. The van der Waals surface area contributed by atoms with Gasteiger partial charge in [-0.3, -0.25) is 0 Å². The van der Waals surface area contributed by atoms with Crippen molar-refractivity contribution >= 4 is 5.57 Å². The van der Waals surface area contributed by atoms with Crippen molar-refractivity contribution in [3.63, 3.8) is 0 Å². The lowest BCUT2D eigenvalue weighted by Gasteiger charge is -2.12. The highest BCUT2D eigenvalue weighted by Crippen LogP contribution is 2.20. The second kappa shape index (κ2) is 7.02. The molecule has 0 amide bonds. The standard InChI is InChI=1S/C14H18O2/c1-2-13(12-8-4-3-5-9-12)14(16)10-6-7-11-15/h3-5,8-9,14-16H,1,6-7,10-11H2. The summed E-state index contributed by atoms with van der Waals surface area (Å²) in [4.78, 5) is 0. The molecule has 1 unspecified atom stereocenters. The lowest BCUT2D eigenvalue weighted by Crippen LogP contribution is -2.09. The Morgan fingerprint density at radius 1 is 1.25 bits per heavy atom. The van der Waals surface area contributed by atoms with Crippen LogP contribution >= 0.6 is 0 Å². The first-order valence-corrected chi connectivity index (χ1v) is 5.54. The number of rotatable bonds is 6. The van der Waals surface area contributed by atoms with Crippen LogP contribution in [0.25, 0.3) is 5.57 Å². The molecule has 86 valence electrons. The van der Waals surface area contributed by atoms with Gasteiger partial charge < -0.3 is 10.2 Å². The van der Waals surface area contributed by atoms with Gasteiger partial charge in [0, 0.05) is 12.2 Å². The van der Waals surface area contributed by atoms with Crippen LogP contribution in [-0.4, -0.2) is 22.9 Å². The van der Waals surface area contributed by atoms with Crippen LogP contribution in [-0.2, 0) is 0 Å². The predicted octanol–water partition coefficient (Wildman–Crippen LogP) is 2.38. The molecule has 2 heteroatoms. The molecule has 0 aliphatic heterocycles. The minimum absolute atomic E-state index is 0.172. The van der Waals surface area contributed by atoms with Gasteiger partial charge in [0.2, 0.25) is 0 Å². The van der Waals surface area contributed by atoms with Crippen LogP contribution in [0.1, 0.15) is 24.8 Å². The first kappa shape index (κ1) is 12.7. The highest BCUT2D eigenvalue weighted by molar-refractivity contribution is 5.67. The zero-order valence-corrected chi connectivity index (χ0v) is 9.39. The van der Waals surface area contributed by atoms with Crippen LogP contribution in [0.5, 0.6) is 0 Å². The van der Waals surface area contributed by atoms with E-state index in [2.05, 4.69) is 12.3 Å². The number of hydrogen-bond acceptors (Lipinski definition) is 2. The molecule has 1 aromatic rings. The van der Waals surface area contributed by atoms with Gasteiger partial charge in [0.15, 0.2) is 0 Å². The summed E-state index contributed by atoms with van der Waals surface area (Å²) in [6.07, 6.45) is 1.60. The fourth-order valence-corrected chi connectivity index (χ4v) is 1.62. The molecule has 1 atom stereocenters. The Kier molecular flexibility index (Phi) is 5.58. The largest absolute Gasteiger partial charge is 0.396 e. The minimum Gasteiger partial charge on any atom is -0.396 e. The molecular weight excluding hydrogens is 200 g/mol. The van der Waals surface area contributed by atoms with E-state index in [1.165, 1.54) is 0 Å². The Morgan fingerprint density at radius 3 is 2.50 bits per heavy atom. The summed E-state index contributed by atoms with van der Waals surface area (Å²) in [5, 5.41) is 18.6. The second-order valence-corrected chi connectivity index (χ2v) is 3.69. The summed E-state index contributed by atoms with van der Waals surface area (Å²) in [6.45, 7) is 3.79. The van der Waals surface area contributed by atoms with Crippen molar-refractivity contribution in [3.8, 4) is 0 Å². The number of aliphatic hydroxyl groups excluding tert-OH is 2. The fourth-order valence-electron chi connectivity index (χ4n) is 1.62. The molecule has 1 aromatic carbocycles. The lowest BCUT2D eigenvalue weighted by atomic mass is 9.98. The molecule has 0 bridgehead atoms. The van der Waals surface area contributed by atoms with Crippen molar-refractivity contribution < 1.29 is 10.2 Å². The molecule has 0 saturated carbocycles. The molecule has 2 N–H and O–H groups in total. The SMILES string of the molecule is C=C=C(c1ccccc1)C(O)CCCCO. The van der Waals surface area contributed by atoms with Gasteiger partial charge in [-0.25, -0.2) is 0 Å². The van der Waals surface area contributed by atoms with Crippen LogP contribution in [0.15, 0.2) is 42.6 Å². The summed E-state index contributed by atoms with van der Waals surface area (Å²) in [5.41, 5.74) is 4.49. The zero-order valence-electron chi connectivity index (χ0n) is 9.39. The van der Waals surface area contributed by atoms with Gasteiger partial charge in [-0.15, -0.1) is 5.73 Å². The monoisotopic (exact) mass is 218 g/mol. The lowest BCUT2D eigenvalue weighted by molar-refractivity contribution is 0.209. The maximum atomic E-state index is 9.97. The molecular formula is C14H18O2. The Balaban J connectivity index is 2.66. The topological polar surface area (TPSA) is 40.5 Å². The Hall–Kier alpha value is -1.34. The van der Waals surface area contributed by atoms with Crippen molar-refractivity contribution in [1.29, 1.82) is 0 Å². The van der Waals surface area contributed by atoms with E-state index in [1.54, 1.807) is 0 Å². The predicted molar refractivity (Wildman–Crippen MR) is 65.9 cm³/mol. The van der Waals surface area contributed by atoms with Gasteiger partial charge in [-0.1, -0.05) is 36.9 Å². The molecule has 1 rings (SSSR count). The average molecular weight is 218 g/mol. The third-order valence-electron chi connectivity index (χ3n) is 2.49. The van der Waals surface area contributed by atoms with Gasteiger partial charge in [0.05, 0.1) is 6.10 Å². The van der Waals surface area contributed by atoms with Crippen LogP contribution in [0.2, 0.25) is 0 Å². The highest BCUT2D eigenvalue weighted by atomic mass is 16.3. The molecule has 0 radical (unpaired) electrons. The molecule has 0 spiro atoms. The van der Waals surface area contributed by atoms with Crippen LogP contribution in [0, 0.1) is 0 Å². The third kappa shape index (κ3) is 3.67. The van der Waals surface area contributed by atoms with Crippen molar-refractivity contribution in [2.24, 2.45) is 0 Å². The van der Waals surface area contributed by atoms with E-state index in [4.69, 9.17) is 5.11 Å².